The van der Waals surface area contributed by atoms with E-state index < -0.39 is 0 Å². The summed E-state index contributed by atoms with van der Waals surface area (Å²) in [5.41, 5.74) is 22.6. The molecule has 7 aliphatic rings. The minimum Gasteiger partial charge on any atom is -0.458 e. The van der Waals surface area contributed by atoms with Crippen LogP contribution in [0.5, 0.6) is 23.1 Å². The first-order chi connectivity index (χ1) is 44.1. The fourth-order valence-electron chi connectivity index (χ4n) is 17.0. The molecule has 0 saturated carbocycles. The summed E-state index contributed by atoms with van der Waals surface area (Å²) < 4.78 is 17.7. The van der Waals surface area contributed by atoms with E-state index in [9.17, 15) is 0 Å². The first-order valence-corrected chi connectivity index (χ1v) is 33.0. The van der Waals surface area contributed by atoms with Gasteiger partial charge in [-0.05, 0) is 134 Å². The zero-order valence-corrected chi connectivity index (χ0v) is 53.1. The van der Waals surface area contributed by atoms with Crippen LogP contribution in [0.25, 0.3) is 10.1 Å². The molecule has 91 heavy (non-hydrogen) atoms. The first kappa shape index (κ1) is 53.0. The first-order valence-electron chi connectivity index (χ1n) is 32.2. The third-order valence-electron chi connectivity index (χ3n) is 21.6. The van der Waals surface area contributed by atoms with Gasteiger partial charge in [0.15, 0.2) is 0 Å². The highest BCUT2D eigenvalue weighted by molar-refractivity contribution is 7.33. The second-order valence-electron chi connectivity index (χ2n) is 28.3. The van der Waals surface area contributed by atoms with Gasteiger partial charge < -0.3 is 14.4 Å². The fourth-order valence-corrected chi connectivity index (χ4v) is 18.3. The smallest absolute Gasteiger partial charge is 0.271 e. The third-order valence-corrected chi connectivity index (χ3v) is 22.8. The maximum absolute atomic E-state index is 7.71. The van der Waals surface area contributed by atoms with Crippen LogP contribution < -0.4 is 61.2 Å². The van der Waals surface area contributed by atoms with Crippen molar-refractivity contribution in [2.24, 2.45) is 0 Å². The molecule has 0 bridgehead atoms. The van der Waals surface area contributed by atoms with E-state index in [1.165, 1.54) is 59.4 Å². The lowest BCUT2D eigenvalue weighted by Gasteiger charge is -2.44. The van der Waals surface area contributed by atoms with Gasteiger partial charge in [-0.15, -0.1) is 11.3 Å². The summed E-state index contributed by atoms with van der Waals surface area (Å²) in [6, 6.07) is 80.5. The largest absolute Gasteiger partial charge is 0.458 e. The van der Waals surface area contributed by atoms with Crippen molar-refractivity contribution in [3.05, 3.63) is 252 Å². The average Bonchev–Trinajstić information content (AvgIpc) is 1.37. The minimum absolute atomic E-state index is 0.0300. The van der Waals surface area contributed by atoms with Gasteiger partial charge >= 0.3 is 0 Å². The molecule has 8 nitrogen and oxygen atoms in total. The summed E-state index contributed by atoms with van der Waals surface area (Å²) in [7, 11) is 0. The molecular formula is C80H64B2N6O2S. The van der Waals surface area contributed by atoms with Gasteiger partial charge in [0, 0.05) is 71.9 Å². The summed E-state index contributed by atoms with van der Waals surface area (Å²) in [5.74, 6) is 5.27. The van der Waals surface area contributed by atoms with Crippen molar-refractivity contribution in [1.29, 1.82) is 0 Å². The number of thiophene rings is 1. The molecule has 9 aromatic carbocycles. The standard InChI is InChI=1S/C80H64B2N6O2S/c1-77(2)40-41-78(3,4)55-42-48(38-39-50(55)77)86-73-49-26-12-23-37-68(49)91-74(73)82-58-43-57-66(45-65(58)89-67-46-70(83-75(86)72(67)82)88-61-34-20-15-29-53(61)80(7,8)54-30-16-21-35-62(54)88)90-76-71-64(85(47-24-10-9-11-25-47)63-36-22-17-31-56(63)81(57)71)44-69(84-76)87-59-32-18-13-27-51(59)79(5,6)52-28-14-19-33-60(52)87/h9-39,42-46H,40-41H2,1-8H3. The Kier molecular flexibility index (Phi) is 10.7. The maximum atomic E-state index is 7.71. The highest BCUT2D eigenvalue weighted by Gasteiger charge is 2.51. The van der Waals surface area contributed by atoms with Gasteiger partial charge in [0.2, 0.25) is 5.88 Å². The van der Waals surface area contributed by atoms with Crippen molar-refractivity contribution in [1.82, 2.24) is 9.97 Å². The molecule has 438 valence electrons. The zero-order chi connectivity index (χ0) is 61.2. The van der Waals surface area contributed by atoms with Crippen LogP contribution in [-0.4, -0.2) is 23.4 Å². The summed E-state index contributed by atoms with van der Waals surface area (Å²) >= 11 is 1.89. The Labute approximate surface area is 536 Å². The van der Waals surface area contributed by atoms with Crippen LogP contribution in [0.4, 0.5) is 68.6 Å². The number of benzene rings is 9. The highest BCUT2D eigenvalue weighted by atomic mass is 32.1. The number of para-hydroxylation sites is 6. The van der Waals surface area contributed by atoms with E-state index in [4.69, 9.17) is 19.4 Å². The molecular weight excluding hydrogens is 1130 g/mol. The van der Waals surface area contributed by atoms with Gasteiger partial charge in [-0.2, -0.15) is 4.98 Å². The molecule has 0 saturated heterocycles. The van der Waals surface area contributed by atoms with Crippen molar-refractivity contribution in [2.75, 3.05) is 19.6 Å². The Bertz CT molecular complexity index is 5070. The Morgan fingerprint density at radius 2 is 0.923 bits per heavy atom. The Morgan fingerprint density at radius 3 is 1.57 bits per heavy atom. The SMILES string of the molecule is CC1(C)CCC(C)(C)c2cc(N3c4nc(N5c6ccccc6C(C)(C)c6ccccc65)cc5c4B(c4cc6c(cc4O5)Oc4nc(N5c7ccccc7C(C)(C)c7ccccc75)cc5c4B6c4ccccc4N5c4ccccc4)c4sc5ccccc5c43)ccc21. The number of pyridine rings is 2. The molecule has 0 N–H and O–H groups in total. The van der Waals surface area contributed by atoms with Crippen LogP contribution in [0.1, 0.15) is 102 Å². The quantitative estimate of drug-likeness (QED) is 0.162. The summed E-state index contributed by atoms with van der Waals surface area (Å²) in [5, 5.41) is 1.20. The van der Waals surface area contributed by atoms with Crippen LogP contribution in [0.2, 0.25) is 0 Å². The normalized spacial score (nSPS) is 17.1. The lowest BCUT2D eigenvalue weighted by atomic mass is 9.32. The highest BCUT2D eigenvalue weighted by Crippen LogP contribution is 2.57. The van der Waals surface area contributed by atoms with Crippen LogP contribution in [0.3, 0.4) is 0 Å². The zero-order valence-electron chi connectivity index (χ0n) is 52.3. The molecule has 0 fully saturated rings. The minimum atomic E-state index is -0.264. The molecule has 19 rings (SSSR count). The predicted molar refractivity (Wildman–Crippen MR) is 378 cm³/mol. The topological polar surface area (TPSA) is 57.2 Å². The predicted octanol–water partition coefficient (Wildman–Crippen LogP) is 17.1. The van der Waals surface area contributed by atoms with Gasteiger partial charge in [0.1, 0.15) is 34.7 Å². The average molecular weight is 1200 g/mol. The molecule has 12 aromatic rings. The number of nitrogens with zero attached hydrogens (tertiary/aromatic N) is 6. The molecule has 0 amide bonds. The number of rotatable bonds is 4. The Balaban J connectivity index is 0.865. The van der Waals surface area contributed by atoms with Crippen LogP contribution in [-0.2, 0) is 21.7 Å². The van der Waals surface area contributed by atoms with E-state index in [0.717, 1.165) is 115 Å². The molecule has 0 radical (unpaired) electrons. The number of aromatic nitrogens is 2. The van der Waals surface area contributed by atoms with Gasteiger partial charge in [0.25, 0.3) is 13.4 Å². The number of hydrogen-bond donors (Lipinski definition) is 0. The van der Waals surface area contributed by atoms with Gasteiger partial charge in [-0.25, -0.2) is 4.98 Å². The molecule has 0 atom stereocenters. The number of fused-ring (bicyclic) bond motifs is 15. The van der Waals surface area contributed by atoms with Crippen molar-refractivity contribution in [3.8, 4) is 23.1 Å². The molecule has 6 aliphatic heterocycles. The molecule has 9 heterocycles. The molecule has 11 heteroatoms. The lowest BCUT2D eigenvalue weighted by Crippen LogP contribution is -2.63. The number of anilines is 12. The van der Waals surface area contributed by atoms with E-state index in [0.29, 0.717) is 5.88 Å². The van der Waals surface area contributed by atoms with Crippen LogP contribution in [0, 0.1) is 0 Å². The lowest BCUT2D eigenvalue weighted by molar-refractivity contribution is 0.332. The molecule has 3 aromatic heterocycles. The van der Waals surface area contributed by atoms with E-state index in [-0.39, 0.29) is 35.1 Å². The number of hydrogen-bond acceptors (Lipinski definition) is 9. The van der Waals surface area contributed by atoms with Gasteiger partial charge in [-0.1, -0.05) is 195 Å². The van der Waals surface area contributed by atoms with E-state index in [1.54, 1.807) is 0 Å². The van der Waals surface area contributed by atoms with Gasteiger partial charge in [-0.3, -0.25) is 14.7 Å². The van der Waals surface area contributed by atoms with Crippen molar-refractivity contribution in [2.45, 2.75) is 89.9 Å². The summed E-state index contributed by atoms with van der Waals surface area (Å²) in [4.78, 5) is 21.5. The van der Waals surface area contributed by atoms with Crippen molar-refractivity contribution < 1.29 is 9.47 Å². The van der Waals surface area contributed by atoms with E-state index in [2.05, 4.69) is 293 Å². The fraction of sp³-hybridized carbons (Fsp3) is 0.175. The summed E-state index contributed by atoms with van der Waals surface area (Å²) in [6.07, 6.45) is 2.24. The second-order valence-corrected chi connectivity index (χ2v) is 29.4. The third kappa shape index (κ3) is 7.24. The second kappa shape index (κ2) is 18.4. The van der Waals surface area contributed by atoms with Crippen molar-refractivity contribution in [3.63, 3.8) is 0 Å². The molecule has 0 spiro atoms. The number of ether oxygens (including phenoxy) is 2. The van der Waals surface area contributed by atoms with Gasteiger partial charge in [0.05, 0.1) is 34.1 Å². The molecule has 0 unspecified atom stereocenters. The maximum Gasteiger partial charge on any atom is 0.271 e. The Hall–Kier alpha value is -9.83. The van der Waals surface area contributed by atoms with Crippen LogP contribution in [0.15, 0.2) is 218 Å². The van der Waals surface area contributed by atoms with Crippen LogP contribution >= 0.6 is 11.3 Å². The Morgan fingerprint density at radius 1 is 0.385 bits per heavy atom. The molecule has 1 aliphatic carbocycles. The van der Waals surface area contributed by atoms with E-state index >= 15 is 0 Å². The summed E-state index contributed by atoms with van der Waals surface area (Å²) in [6.45, 7) is 18.5. The van der Waals surface area contributed by atoms with E-state index in [1.807, 2.05) is 11.3 Å². The van der Waals surface area contributed by atoms with Crippen molar-refractivity contribution >= 4 is 136 Å². The monoisotopic (exact) mass is 1190 g/mol.